The van der Waals surface area contributed by atoms with Crippen LogP contribution in [-0.2, 0) is 4.74 Å². The molecule has 2 saturated heterocycles. The zero-order chi connectivity index (χ0) is 14.9. The summed E-state index contributed by atoms with van der Waals surface area (Å²) in [6, 6.07) is 7.54. The first-order chi connectivity index (χ1) is 10.1. The number of rotatable bonds is 3. The monoisotopic (exact) mass is 290 g/mol. The Balaban J connectivity index is 1.80. The molecule has 21 heavy (non-hydrogen) atoms. The fraction of sp³-hybridized carbons (Fsp3) is 0.562. The molecule has 1 amide bonds. The molecule has 5 heteroatoms. The molecule has 1 aromatic carbocycles. The number of carbonyl (C=O) groups is 1. The number of nitrogens with zero attached hydrogens (tertiary/aromatic N) is 1. The molecule has 1 aromatic rings. The first-order valence-electron chi connectivity index (χ1n) is 7.48. The lowest BCUT2D eigenvalue weighted by atomic mass is 9.83. The second-order valence-electron chi connectivity index (χ2n) is 6.01. The maximum absolute atomic E-state index is 12.3. The summed E-state index contributed by atoms with van der Waals surface area (Å²) < 4.78 is 11.0. The van der Waals surface area contributed by atoms with Gasteiger partial charge >= 0.3 is 6.09 Å². The maximum atomic E-state index is 12.3. The van der Waals surface area contributed by atoms with Crippen molar-refractivity contribution in [3.05, 3.63) is 24.3 Å². The number of hydrogen-bond donors (Lipinski definition) is 1. The molecule has 0 spiro atoms. The van der Waals surface area contributed by atoms with E-state index in [0.717, 1.165) is 37.4 Å². The van der Waals surface area contributed by atoms with E-state index in [1.165, 1.54) is 0 Å². The molecule has 114 valence electrons. The zero-order valence-corrected chi connectivity index (χ0v) is 12.6. The van der Waals surface area contributed by atoms with E-state index < -0.39 is 5.60 Å². The first-order valence-corrected chi connectivity index (χ1v) is 7.48. The number of cyclic esters (lactones) is 1. The second kappa shape index (κ2) is 5.56. The number of benzene rings is 1. The molecule has 2 heterocycles. The molecular formula is C16H22N2O3. The SMILES string of the molecule is COc1cccc(N2CC(C)(C3CCCNC3)OC2=O)c1. The van der Waals surface area contributed by atoms with Gasteiger partial charge in [-0.25, -0.2) is 4.79 Å². The lowest BCUT2D eigenvalue weighted by Gasteiger charge is -2.34. The van der Waals surface area contributed by atoms with E-state index in [1.54, 1.807) is 12.0 Å². The Morgan fingerprint density at radius 1 is 1.48 bits per heavy atom. The number of methoxy groups -OCH3 is 1. The Bertz CT molecular complexity index is 528. The third-order valence-electron chi connectivity index (χ3n) is 4.54. The Labute approximate surface area is 125 Å². The molecule has 0 aromatic heterocycles. The Kier molecular flexibility index (Phi) is 3.76. The van der Waals surface area contributed by atoms with Crippen LogP contribution in [0.4, 0.5) is 10.5 Å². The van der Waals surface area contributed by atoms with Crippen LogP contribution >= 0.6 is 0 Å². The molecule has 0 radical (unpaired) electrons. The van der Waals surface area contributed by atoms with Crippen molar-refractivity contribution in [3.8, 4) is 5.75 Å². The van der Waals surface area contributed by atoms with Crippen LogP contribution in [0.3, 0.4) is 0 Å². The number of hydrogen-bond acceptors (Lipinski definition) is 4. The van der Waals surface area contributed by atoms with Crippen molar-refractivity contribution in [1.29, 1.82) is 0 Å². The van der Waals surface area contributed by atoms with Crippen molar-refractivity contribution in [2.45, 2.75) is 25.4 Å². The Morgan fingerprint density at radius 2 is 2.33 bits per heavy atom. The highest BCUT2D eigenvalue weighted by atomic mass is 16.6. The van der Waals surface area contributed by atoms with E-state index in [2.05, 4.69) is 5.32 Å². The molecule has 3 rings (SSSR count). The van der Waals surface area contributed by atoms with Gasteiger partial charge in [0, 0.05) is 18.5 Å². The van der Waals surface area contributed by atoms with Gasteiger partial charge < -0.3 is 14.8 Å². The van der Waals surface area contributed by atoms with Gasteiger partial charge in [0.15, 0.2) is 0 Å². The summed E-state index contributed by atoms with van der Waals surface area (Å²) in [5.41, 5.74) is 0.403. The Hall–Kier alpha value is -1.75. The van der Waals surface area contributed by atoms with Crippen LogP contribution in [0.25, 0.3) is 0 Å². The first kappa shape index (κ1) is 14.2. The molecule has 2 aliphatic rings. The number of nitrogens with one attached hydrogen (secondary N) is 1. The van der Waals surface area contributed by atoms with E-state index >= 15 is 0 Å². The summed E-state index contributed by atoms with van der Waals surface area (Å²) in [6.07, 6.45) is 1.97. The van der Waals surface area contributed by atoms with Gasteiger partial charge in [-0.2, -0.15) is 0 Å². The number of anilines is 1. The summed E-state index contributed by atoms with van der Waals surface area (Å²) in [4.78, 5) is 14.0. The van der Waals surface area contributed by atoms with Crippen LogP contribution < -0.4 is 15.0 Å². The van der Waals surface area contributed by atoms with Crippen LogP contribution in [0, 0.1) is 5.92 Å². The van der Waals surface area contributed by atoms with Gasteiger partial charge in [-0.15, -0.1) is 0 Å². The van der Waals surface area contributed by atoms with Gasteiger partial charge in [0.05, 0.1) is 19.3 Å². The molecular weight excluding hydrogens is 268 g/mol. The number of carbonyl (C=O) groups excluding carboxylic acids is 1. The lowest BCUT2D eigenvalue weighted by Crippen LogP contribution is -2.46. The van der Waals surface area contributed by atoms with E-state index in [0.29, 0.717) is 12.5 Å². The summed E-state index contributed by atoms with van der Waals surface area (Å²) in [7, 11) is 1.62. The van der Waals surface area contributed by atoms with Crippen LogP contribution in [0.5, 0.6) is 5.75 Å². The van der Waals surface area contributed by atoms with Crippen LogP contribution in [0.15, 0.2) is 24.3 Å². The normalized spacial score (nSPS) is 29.3. The minimum Gasteiger partial charge on any atom is -0.497 e. The van der Waals surface area contributed by atoms with Crippen molar-refractivity contribution in [2.75, 3.05) is 31.6 Å². The van der Waals surface area contributed by atoms with E-state index in [9.17, 15) is 4.79 Å². The average molecular weight is 290 g/mol. The summed E-state index contributed by atoms with van der Waals surface area (Å²) in [5, 5.41) is 3.39. The van der Waals surface area contributed by atoms with Gasteiger partial charge in [-0.05, 0) is 38.4 Å². The molecule has 1 N–H and O–H groups in total. The highest BCUT2D eigenvalue weighted by molar-refractivity contribution is 5.90. The average Bonchev–Trinajstić information content (AvgIpc) is 2.84. The van der Waals surface area contributed by atoms with Crippen LogP contribution in [0.2, 0.25) is 0 Å². The van der Waals surface area contributed by atoms with Crippen molar-refractivity contribution in [2.24, 2.45) is 5.92 Å². The van der Waals surface area contributed by atoms with Gasteiger partial charge in [-0.1, -0.05) is 6.07 Å². The van der Waals surface area contributed by atoms with Crippen molar-refractivity contribution in [3.63, 3.8) is 0 Å². The molecule has 2 fully saturated rings. The van der Waals surface area contributed by atoms with Gasteiger partial charge in [0.2, 0.25) is 0 Å². The predicted molar refractivity (Wildman–Crippen MR) is 80.8 cm³/mol. The van der Waals surface area contributed by atoms with Crippen LogP contribution in [0.1, 0.15) is 19.8 Å². The molecule has 0 aliphatic carbocycles. The van der Waals surface area contributed by atoms with Crippen molar-refractivity contribution < 1.29 is 14.3 Å². The molecule has 2 atom stereocenters. The zero-order valence-electron chi connectivity index (χ0n) is 12.6. The van der Waals surface area contributed by atoms with Crippen molar-refractivity contribution in [1.82, 2.24) is 5.32 Å². The molecule has 5 nitrogen and oxygen atoms in total. The quantitative estimate of drug-likeness (QED) is 0.929. The Morgan fingerprint density at radius 3 is 3.05 bits per heavy atom. The highest BCUT2D eigenvalue weighted by Crippen LogP contribution is 2.36. The summed E-state index contributed by atoms with van der Waals surface area (Å²) in [6.45, 7) is 4.60. The summed E-state index contributed by atoms with van der Waals surface area (Å²) in [5.74, 6) is 1.11. The van der Waals surface area contributed by atoms with E-state index in [1.807, 2.05) is 31.2 Å². The smallest absolute Gasteiger partial charge is 0.415 e. The van der Waals surface area contributed by atoms with E-state index in [-0.39, 0.29) is 6.09 Å². The minimum absolute atomic E-state index is 0.267. The third kappa shape index (κ3) is 2.70. The predicted octanol–water partition coefficient (Wildman–Crippen LogP) is 2.41. The largest absolute Gasteiger partial charge is 0.497 e. The molecule has 0 saturated carbocycles. The van der Waals surface area contributed by atoms with Gasteiger partial charge in [0.1, 0.15) is 11.4 Å². The second-order valence-corrected chi connectivity index (χ2v) is 6.01. The van der Waals surface area contributed by atoms with Crippen LogP contribution in [-0.4, -0.2) is 38.4 Å². The molecule has 0 bridgehead atoms. The maximum Gasteiger partial charge on any atom is 0.415 e. The van der Waals surface area contributed by atoms with E-state index in [4.69, 9.17) is 9.47 Å². The summed E-state index contributed by atoms with van der Waals surface area (Å²) >= 11 is 0. The van der Waals surface area contributed by atoms with Gasteiger partial charge in [0.25, 0.3) is 0 Å². The minimum atomic E-state index is -0.423. The number of piperidine rings is 1. The topological polar surface area (TPSA) is 50.8 Å². The third-order valence-corrected chi connectivity index (χ3v) is 4.54. The molecule has 2 aliphatic heterocycles. The highest BCUT2D eigenvalue weighted by Gasteiger charge is 2.47. The number of ether oxygens (including phenoxy) is 2. The fourth-order valence-electron chi connectivity index (χ4n) is 3.23. The van der Waals surface area contributed by atoms with Crippen molar-refractivity contribution >= 4 is 11.8 Å². The fourth-order valence-corrected chi connectivity index (χ4v) is 3.23. The number of amides is 1. The van der Waals surface area contributed by atoms with Gasteiger partial charge in [-0.3, -0.25) is 4.90 Å². The molecule has 2 unspecified atom stereocenters. The standard InChI is InChI=1S/C16H22N2O3/c1-16(12-5-4-8-17-10-12)11-18(15(19)21-16)13-6-3-7-14(9-13)20-2/h3,6-7,9,12,17H,4-5,8,10-11H2,1-2H3. The lowest BCUT2D eigenvalue weighted by molar-refractivity contribution is 0.0123.